The van der Waals surface area contributed by atoms with Gasteiger partial charge in [0, 0.05) is 21.9 Å². The molecule has 0 radical (unpaired) electrons. The second-order valence-corrected chi connectivity index (χ2v) is 10.6. The minimum atomic E-state index is -1.24. The highest BCUT2D eigenvalue weighted by Gasteiger charge is 2.45. The lowest BCUT2D eigenvalue weighted by Gasteiger charge is -2.35. The van der Waals surface area contributed by atoms with Crippen molar-refractivity contribution in [2.45, 2.75) is 23.7 Å². The summed E-state index contributed by atoms with van der Waals surface area (Å²) in [4.78, 5) is 15.2. The Bertz CT molecular complexity index is 1560. The van der Waals surface area contributed by atoms with Crippen LogP contribution in [0.5, 0.6) is 0 Å². The van der Waals surface area contributed by atoms with Crippen molar-refractivity contribution in [3.05, 3.63) is 141 Å². The Labute approximate surface area is 255 Å². The van der Waals surface area contributed by atoms with E-state index in [9.17, 15) is 21.0 Å². The smallest absolute Gasteiger partial charge is 0.149 e. The van der Waals surface area contributed by atoms with Gasteiger partial charge >= 0.3 is 0 Å². The lowest BCUT2D eigenvalue weighted by atomic mass is 9.65. The number of hydrogen-bond donors (Lipinski definition) is 0. The lowest BCUT2D eigenvalue weighted by Crippen LogP contribution is -2.34. The third-order valence-electron chi connectivity index (χ3n) is 7.45. The Morgan fingerprint density at radius 2 is 0.810 bits per heavy atom. The molecule has 0 aliphatic rings. The second-order valence-electron chi connectivity index (χ2n) is 9.75. The first kappa shape index (κ1) is 30.1. The average molecular weight is 588 g/mol. The molecule has 0 saturated carbocycles. The molecule has 4 aromatic rings. The van der Waals surface area contributed by atoms with Crippen LogP contribution in [0.4, 0.5) is 0 Å². The van der Waals surface area contributed by atoms with Gasteiger partial charge in [-0.2, -0.15) is 21.0 Å². The molecule has 0 fully saturated rings. The number of hydrogen-bond acceptors (Lipinski definition) is 5. The standard InChI is InChI=1S/C35H24Cl2N4O/c36-29-17-9-7-15-27(29)31(25(19-38)20-39)33(23-11-3-1-4-12-23)35(42)34(24-13-5-2-6-14-24)32(26(21-40)22-41)28-16-8-10-18-30(28)37/h1-18,25-26,31-34H. The third kappa shape index (κ3) is 6.20. The lowest BCUT2D eigenvalue weighted by molar-refractivity contribution is -0.123. The minimum absolute atomic E-state index is 0.317. The van der Waals surface area contributed by atoms with Crippen molar-refractivity contribution in [2.75, 3.05) is 0 Å². The minimum Gasteiger partial charge on any atom is -0.298 e. The first-order valence-electron chi connectivity index (χ1n) is 13.2. The molecule has 0 bridgehead atoms. The molecular weight excluding hydrogens is 563 g/mol. The van der Waals surface area contributed by atoms with Gasteiger partial charge in [-0.05, 0) is 34.4 Å². The topological polar surface area (TPSA) is 112 Å². The quantitative estimate of drug-likeness (QED) is 0.185. The van der Waals surface area contributed by atoms with E-state index in [1.807, 2.05) is 12.1 Å². The van der Waals surface area contributed by atoms with Gasteiger partial charge in [-0.15, -0.1) is 0 Å². The molecule has 4 rings (SSSR count). The predicted octanol–water partition coefficient (Wildman–Crippen LogP) is 8.32. The maximum absolute atomic E-state index is 15.2. The van der Waals surface area contributed by atoms with E-state index in [1.165, 1.54) is 0 Å². The summed E-state index contributed by atoms with van der Waals surface area (Å²) in [6, 6.07) is 39.9. The number of carbonyl (C=O) groups is 1. The van der Waals surface area contributed by atoms with Gasteiger partial charge in [-0.25, -0.2) is 0 Å². The number of halogens is 2. The molecule has 0 heterocycles. The molecule has 0 amide bonds. The number of nitrogens with zero attached hydrogens (tertiary/aromatic N) is 4. The van der Waals surface area contributed by atoms with Crippen molar-refractivity contribution in [1.29, 1.82) is 21.0 Å². The summed E-state index contributed by atoms with van der Waals surface area (Å²) in [5, 5.41) is 41.2. The number of benzene rings is 4. The molecule has 0 saturated heterocycles. The molecule has 0 aliphatic heterocycles. The highest BCUT2D eigenvalue weighted by molar-refractivity contribution is 6.31. The van der Waals surface area contributed by atoms with Crippen LogP contribution in [0.3, 0.4) is 0 Å². The third-order valence-corrected chi connectivity index (χ3v) is 8.14. The summed E-state index contributed by atoms with van der Waals surface area (Å²) < 4.78 is 0. The van der Waals surface area contributed by atoms with E-state index in [0.717, 1.165) is 0 Å². The van der Waals surface area contributed by atoms with Crippen LogP contribution in [0.2, 0.25) is 10.0 Å². The monoisotopic (exact) mass is 586 g/mol. The molecule has 0 N–H and O–H groups in total. The first-order chi connectivity index (χ1) is 20.5. The van der Waals surface area contributed by atoms with E-state index >= 15 is 4.79 Å². The van der Waals surface area contributed by atoms with E-state index < -0.39 is 35.5 Å². The molecule has 4 unspecified atom stereocenters. The van der Waals surface area contributed by atoms with Crippen LogP contribution in [0.15, 0.2) is 109 Å². The number of rotatable bonds is 10. The van der Waals surface area contributed by atoms with Crippen LogP contribution in [-0.2, 0) is 4.79 Å². The van der Waals surface area contributed by atoms with Crippen molar-refractivity contribution >= 4 is 29.0 Å². The molecule has 5 nitrogen and oxygen atoms in total. The van der Waals surface area contributed by atoms with Gasteiger partial charge in [-0.3, -0.25) is 4.79 Å². The van der Waals surface area contributed by atoms with Gasteiger partial charge in [0.05, 0.1) is 36.1 Å². The Balaban J connectivity index is 2.06. The zero-order chi connectivity index (χ0) is 30.1. The van der Waals surface area contributed by atoms with Gasteiger partial charge in [-0.1, -0.05) is 120 Å². The van der Waals surface area contributed by atoms with E-state index in [2.05, 4.69) is 24.3 Å². The van der Waals surface area contributed by atoms with Crippen LogP contribution in [0.25, 0.3) is 0 Å². The molecule has 4 atom stereocenters. The van der Waals surface area contributed by atoms with Crippen molar-refractivity contribution in [3.8, 4) is 24.3 Å². The summed E-state index contributed by atoms with van der Waals surface area (Å²) in [6.45, 7) is 0. The van der Waals surface area contributed by atoms with Crippen molar-refractivity contribution in [1.82, 2.24) is 0 Å². The molecule has 7 heteroatoms. The van der Waals surface area contributed by atoms with Gasteiger partial charge < -0.3 is 0 Å². The largest absolute Gasteiger partial charge is 0.298 e. The fraction of sp³-hybridized carbons (Fsp3) is 0.171. The van der Waals surface area contributed by atoms with Crippen LogP contribution in [0.1, 0.15) is 45.9 Å². The normalized spacial score (nSPS) is 13.5. The molecule has 0 aliphatic carbocycles. The molecule has 204 valence electrons. The SMILES string of the molecule is N#CC(C#N)C(c1ccccc1Cl)C(C(=O)C(c1ccccc1)C(c1ccccc1Cl)C(C#N)C#N)c1ccccc1. The van der Waals surface area contributed by atoms with E-state index in [-0.39, 0.29) is 5.78 Å². The Hall–Kier alpha value is -4.91. The van der Waals surface area contributed by atoms with Gasteiger partial charge in [0.1, 0.15) is 17.6 Å². The zero-order valence-electron chi connectivity index (χ0n) is 22.3. The molecular formula is C35H24Cl2N4O. The number of Topliss-reactive ketones (excluding diaryl/α,β-unsaturated/α-hetero) is 1. The highest BCUT2D eigenvalue weighted by atomic mass is 35.5. The summed E-state index contributed by atoms with van der Waals surface area (Å²) in [6.07, 6.45) is 0. The maximum atomic E-state index is 15.2. The second kappa shape index (κ2) is 14.1. The van der Waals surface area contributed by atoms with Gasteiger partial charge in [0.25, 0.3) is 0 Å². The van der Waals surface area contributed by atoms with E-state index in [1.54, 1.807) is 97.1 Å². The number of ketones is 1. The van der Waals surface area contributed by atoms with E-state index in [0.29, 0.717) is 32.3 Å². The summed E-state index contributed by atoms with van der Waals surface area (Å²) in [5.41, 5.74) is 2.11. The zero-order valence-corrected chi connectivity index (χ0v) is 23.8. The summed E-state index contributed by atoms with van der Waals surface area (Å²) in [5.74, 6) is -6.83. The summed E-state index contributed by atoms with van der Waals surface area (Å²) in [7, 11) is 0. The predicted molar refractivity (Wildman–Crippen MR) is 161 cm³/mol. The molecule has 4 aromatic carbocycles. The van der Waals surface area contributed by atoms with E-state index in [4.69, 9.17) is 23.2 Å². The van der Waals surface area contributed by atoms with Crippen molar-refractivity contribution < 1.29 is 4.79 Å². The van der Waals surface area contributed by atoms with Crippen LogP contribution >= 0.6 is 23.2 Å². The van der Waals surface area contributed by atoms with Gasteiger partial charge in [0.2, 0.25) is 0 Å². The van der Waals surface area contributed by atoms with Gasteiger partial charge in [0.15, 0.2) is 0 Å². The Morgan fingerprint density at radius 3 is 1.12 bits per heavy atom. The molecule has 42 heavy (non-hydrogen) atoms. The van der Waals surface area contributed by atoms with Crippen LogP contribution in [0, 0.1) is 57.2 Å². The van der Waals surface area contributed by atoms with Crippen LogP contribution in [-0.4, -0.2) is 5.78 Å². The highest BCUT2D eigenvalue weighted by Crippen LogP contribution is 2.49. The average Bonchev–Trinajstić information content (AvgIpc) is 3.03. The van der Waals surface area contributed by atoms with Crippen molar-refractivity contribution in [3.63, 3.8) is 0 Å². The fourth-order valence-corrected chi connectivity index (χ4v) is 6.11. The molecule has 0 spiro atoms. The van der Waals surface area contributed by atoms with Crippen molar-refractivity contribution in [2.24, 2.45) is 11.8 Å². The number of nitriles is 4. The Kier molecular flexibility index (Phi) is 10.1. The summed E-state index contributed by atoms with van der Waals surface area (Å²) >= 11 is 13.3. The Morgan fingerprint density at radius 1 is 0.500 bits per heavy atom. The maximum Gasteiger partial charge on any atom is 0.149 e. The number of carbonyl (C=O) groups excluding carboxylic acids is 1. The fourth-order valence-electron chi connectivity index (χ4n) is 5.58. The van der Waals surface area contributed by atoms with Crippen LogP contribution < -0.4 is 0 Å². The first-order valence-corrected chi connectivity index (χ1v) is 13.9. The molecule has 0 aromatic heterocycles.